The zero-order valence-corrected chi connectivity index (χ0v) is 14.3. The molecule has 0 aliphatic rings. The Morgan fingerprint density at radius 3 is 2.27 bits per heavy atom. The van der Waals surface area contributed by atoms with Crippen LogP contribution in [0.2, 0.25) is 0 Å². The van der Waals surface area contributed by atoms with Crippen LogP contribution < -0.4 is 0 Å². The van der Waals surface area contributed by atoms with Crippen molar-refractivity contribution in [1.29, 1.82) is 0 Å². The van der Waals surface area contributed by atoms with Crippen LogP contribution in [-0.2, 0) is 0 Å². The molecule has 0 bridgehead atoms. The average molecular weight is 233 g/mol. The normalized spacial score (nSPS) is 14.6. The van der Waals surface area contributed by atoms with Crippen molar-refractivity contribution in [1.82, 2.24) is 0 Å². The molecule has 83 valence electrons. The minimum absolute atomic E-state index is 0. The smallest absolute Gasteiger partial charge is 0 e. The van der Waals surface area contributed by atoms with Gasteiger partial charge in [-0.1, -0.05) is 71.3 Å². The van der Waals surface area contributed by atoms with Gasteiger partial charge in [-0.2, -0.15) is 0 Å². The van der Waals surface area contributed by atoms with Crippen molar-refractivity contribution >= 4 is 51.4 Å². The second-order valence-corrected chi connectivity index (χ2v) is 4.45. The van der Waals surface area contributed by atoms with Gasteiger partial charge in [0.1, 0.15) is 0 Å². The van der Waals surface area contributed by atoms with Crippen LogP contribution in [0.25, 0.3) is 0 Å². The first-order valence-corrected chi connectivity index (χ1v) is 5.98. The van der Waals surface area contributed by atoms with E-state index in [0.717, 1.165) is 11.8 Å². The summed E-state index contributed by atoms with van der Waals surface area (Å²) in [6.07, 6.45) is 12.8. The molecule has 0 rings (SSSR count). The molecule has 0 aromatic rings. The molecule has 0 spiro atoms. The summed E-state index contributed by atoms with van der Waals surface area (Å²) < 4.78 is 0. The Morgan fingerprint density at radius 2 is 1.73 bits per heavy atom. The topological polar surface area (TPSA) is 0 Å². The van der Waals surface area contributed by atoms with Crippen molar-refractivity contribution in [2.75, 3.05) is 0 Å². The monoisotopic (exact) mass is 233 g/mol. The molecule has 2 atom stereocenters. The molecule has 0 aliphatic heterocycles. The van der Waals surface area contributed by atoms with Gasteiger partial charge in [-0.15, -0.1) is 0 Å². The summed E-state index contributed by atoms with van der Waals surface area (Å²) in [6.45, 7) is 10.6. The molecule has 0 aliphatic carbocycles. The van der Waals surface area contributed by atoms with Gasteiger partial charge in [-0.05, 0) is 18.3 Å². The third-order valence-electron chi connectivity index (χ3n) is 2.90. The van der Waals surface area contributed by atoms with Crippen molar-refractivity contribution in [3.8, 4) is 0 Å². The van der Waals surface area contributed by atoms with Gasteiger partial charge in [0.05, 0.1) is 0 Å². The van der Waals surface area contributed by atoms with Gasteiger partial charge < -0.3 is 0 Å². The van der Waals surface area contributed by atoms with Gasteiger partial charge in [0.15, 0.2) is 0 Å². The molecule has 0 nitrogen and oxygen atoms in total. The van der Waals surface area contributed by atoms with Crippen molar-refractivity contribution in [3.05, 3.63) is 24.8 Å². The maximum Gasteiger partial charge on any atom is 0 e. The van der Waals surface area contributed by atoms with Crippen LogP contribution in [0.1, 0.15) is 52.9 Å². The summed E-state index contributed by atoms with van der Waals surface area (Å²) in [5, 5.41) is 0. The van der Waals surface area contributed by atoms with Gasteiger partial charge >= 0.3 is 0 Å². The summed E-state index contributed by atoms with van der Waals surface area (Å²) in [5.41, 5.74) is 0. The van der Waals surface area contributed by atoms with Crippen LogP contribution in [0.3, 0.4) is 0 Å². The molecule has 1 radical (unpaired) electrons. The minimum Gasteiger partial charge on any atom is -0.0991 e. The largest absolute Gasteiger partial charge is 0.0991 e. The Morgan fingerprint density at radius 1 is 1.13 bits per heavy atom. The minimum atomic E-state index is 0. The summed E-state index contributed by atoms with van der Waals surface area (Å²) in [5.74, 6) is 1.74. The average Bonchev–Trinajstić information content (AvgIpc) is 2.18. The molecule has 0 amide bonds. The van der Waals surface area contributed by atoms with E-state index in [9.17, 15) is 0 Å². The maximum atomic E-state index is 3.67. The molecule has 0 aromatic heterocycles. The quantitative estimate of drug-likeness (QED) is 0.425. The molecule has 2 unspecified atom stereocenters. The molecule has 0 saturated carbocycles. The number of allylic oxidation sites excluding steroid dienone is 3. The van der Waals surface area contributed by atoms with E-state index in [-0.39, 0.29) is 51.4 Å². The molecular weight excluding hydrogens is 207 g/mol. The number of hydrogen-bond acceptors (Lipinski definition) is 0. The fraction of sp³-hybridized carbons (Fsp3) is 0.714. The molecule has 0 N–H and O–H groups in total. The molecular formula is C14H26K. The Balaban J connectivity index is 0. The van der Waals surface area contributed by atoms with Gasteiger partial charge in [-0.25, -0.2) is 0 Å². The molecule has 0 fully saturated rings. The second kappa shape index (κ2) is 13.2. The molecule has 1 heteroatoms. The molecule has 0 saturated heterocycles. The van der Waals surface area contributed by atoms with E-state index in [1.807, 2.05) is 12.2 Å². The van der Waals surface area contributed by atoms with Gasteiger partial charge in [0, 0.05) is 51.4 Å². The summed E-state index contributed by atoms with van der Waals surface area (Å²) in [4.78, 5) is 0. The summed E-state index contributed by atoms with van der Waals surface area (Å²) in [7, 11) is 0. The predicted octanol–water partition coefficient (Wildman–Crippen LogP) is 4.59. The first-order chi connectivity index (χ1) is 6.70. The van der Waals surface area contributed by atoms with E-state index in [0.29, 0.717) is 0 Å². The van der Waals surface area contributed by atoms with Crippen molar-refractivity contribution in [2.24, 2.45) is 11.8 Å². The number of hydrogen-bond donors (Lipinski definition) is 0. The first kappa shape index (κ1) is 18.5. The summed E-state index contributed by atoms with van der Waals surface area (Å²) in [6, 6.07) is 0. The van der Waals surface area contributed by atoms with E-state index in [1.165, 1.54) is 32.1 Å². The van der Waals surface area contributed by atoms with Gasteiger partial charge in [0.25, 0.3) is 0 Å². The van der Waals surface area contributed by atoms with E-state index < -0.39 is 0 Å². The second-order valence-electron chi connectivity index (χ2n) is 4.45. The van der Waals surface area contributed by atoms with Gasteiger partial charge in [0.2, 0.25) is 0 Å². The Hall–Kier alpha value is 1.12. The first-order valence-electron chi connectivity index (χ1n) is 5.98. The third-order valence-corrected chi connectivity index (χ3v) is 2.90. The maximum absolute atomic E-state index is 3.67. The third kappa shape index (κ3) is 13.1. The molecule has 15 heavy (non-hydrogen) atoms. The van der Waals surface area contributed by atoms with E-state index >= 15 is 0 Å². The Labute approximate surface area is 139 Å². The van der Waals surface area contributed by atoms with Crippen molar-refractivity contribution in [2.45, 2.75) is 52.9 Å². The summed E-state index contributed by atoms with van der Waals surface area (Å²) >= 11 is 0. The Bertz CT molecular complexity index is 161. The standard InChI is InChI=1S/C14H26.K/c1-5-7-8-10-14(4)12-9-11-13(3)6-2;/h5,7-8,13-14H,1,6,9-12H2,2-4H3;. The van der Waals surface area contributed by atoms with Crippen LogP contribution in [0, 0.1) is 11.8 Å². The fourth-order valence-electron chi connectivity index (χ4n) is 1.54. The van der Waals surface area contributed by atoms with Crippen LogP contribution in [-0.4, -0.2) is 51.4 Å². The van der Waals surface area contributed by atoms with Crippen molar-refractivity contribution in [3.63, 3.8) is 0 Å². The van der Waals surface area contributed by atoms with E-state index in [1.54, 1.807) is 0 Å². The molecule has 0 aromatic carbocycles. The predicted molar refractivity (Wildman–Crippen MR) is 72.2 cm³/mol. The zero-order chi connectivity index (χ0) is 10.8. The van der Waals surface area contributed by atoms with Crippen LogP contribution in [0.5, 0.6) is 0 Å². The van der Waals surface area contributed by atoms with Gasteiger partial charge in [-0.3, -0.25) is 0 Å². The fourth-order valence-corrected chi connectivity index (χ4v) is 1.54. The number of rotatable bonds is 8. The Kier molecular flexibility index (Phi) is 16.2. The van der Waals surface area contributed by atoms with E-state index in [4.69, 9.17) is 0 Å². The van der Waals surface area contributed by atoms with Crippen LogP contribution in [0.4, 0.5) is 0 Å². The van der Waals surface area contributed by atoms with Crippen LogP contribution >= 0.6 is 0 Å². The SMILES string of the molecule is C=CC=CCC(C)CCCC(C)CC.[K]. The molecule has 0 heterocycles. The van der Waals surface area contributed by atoms with Crippen molar-refractivity contribution < 1.29 is 0 Å². The van der Waals surface area contributed by atoms with Crippen LogP contribution in [0.15, 0.2) is 24.8 Å². The van der Waals surface area contributed by atoms with E-state index in [2.05, 4.69) is 33.4 Å². The zero-order valence-electron chi connectivity index (χ0n) is 11.1.